The number of para-hydroxylation sites is 1. The first kappa shape index (κ1) is 21.4. The summed E-state index contributed by atoms with van der Waals surface area (Å²) in [7, 11) is 2.01. The van der Waals surface area contributed by atoms with E-state index in [-0.39, 0.29) is 6.03 Å². The Hall–Kier alpha value is -2.87. The van der Waals surface area contributed by atoms with Gasteiger partial charge in [-0.05, 0) is 31.0 Å². The first-order valence-electron chi connectivity index (χ1n) is 10.8. The molecule has 0 saturated heterocycles. The molecule has 164 valence electrons. The molecule has 31 heavy (non-hydrogen) atoms. The molecule has 0 aliphatic heterocycles. The molecule has 0 spiro atoms. The Bertz CT molecular complexity index is 1050. The summed E-state index contributed by atoms with van der Waals surface area (Å²) in [6, 6.07) is 17.1. The van der Waals surface area contributed by atoms with Crippen molar-refractivity contribution in [3.8, 4) is 11.3 Å². The first-order valence-corrected chi connectivity index (χ1v) is 10.8. The number of fused-ring (bicyclic) bond motifs is 1. The lowest BCUT2D eigenvalue weighted by atomic mass is 9.69. The van der Waals surface area contributed by atoms with E-state index in [0.717, 1.165) is 27.7 Å². The topological polar surface area (TPSA) is 89.8 Å². The van der Waals surface area contributed by atoms with Gasteiger partial charge < -0.3 is 19.7 Å². The number of hydrogen-bond acceptors (Lipinski definition) is 4. The van der Waals surface area contributed by atoms with Gasteiger partial charge in [-0.2, -0.15) is 0 Å². The number of carbonyl (C=O) groups excluding carboxylic acids is 1. The number of benzene rings is 2. The van der Waals surface area contributed by atoms with E-state index >= 15 is 0 Å². The molecule has 4 N–H and O–H groups in total. The number of rotatable bonds is 6. The van der Waals surface area contributed by atoms with Crippen LogP contribution < -0.4 is 10.9 Å². The minimum atomic E-state index is -0.847. The van der Waals surface area contributed by atoms with Crippen molar-refractivity contribution in [3.05, 3.63) is 60.2 Å². The third kappa shape index (κ3) is 3.59. The van der Waals surface area contributed by atoms with Crippen molar-refractivity contribution in [2.24, 2.45) is 7.05 Å². The average Bonchev–Trinajstić information content (AvgIpc) is 3.07. The second-order valence-electron chi connectivity index (χ2n) is 7.98. The third-order valence-corrected chi connectivity index (χ3v) is 6.39. The van der Waals surface area contributed by atoms with Crippen molar-refractivity contribution in [2.75, 3.05) is 13.1 Å². The van der Waals surface area contributed by atoms with Crippen molar-refractivity contribution >= 4 is 16.9 Å². The van der Waals surface area contributed by atoms with Crippen LogP contribution in [0.2, 0.25) is 0 Å². The maximum absolute atomic E-state index is 12.2. The van der Waals surface area contributed by atoms with Gasteiger partial charge in [0.1, 0.15) is 0 Å². The van der Waals surface area contributed by atoms with Crippen LogP contribution in [0.1, 0.15) is 25.3 Å². The number of carbonyl (C=O) groups is 1. The van der Waals surface area contributed by atoms with Crippen LogP contribution in [0.15, 0.2) is 54.6 Å². The Balaban J connectivity index is 1.65. The largest absolute Gasteiger partial charge is 0.391 e. The van der Waals surface area contributed by atoms with Gasteiger partial charge in [0.2, 0.25) is 0 Å². The molecule has 4 rings (SSSR count). The Morgan fingerprint density at radius 3 is 2.26 bits per heavy atom. The fraction of sp³-hybridized carbons (Fsp3) is 0.375. The molecule has 0 bridgehead atoms. The van der Waals surface area contributed by atoms with Crippen LogP contribution in [-0.2, 0) is 7.05 Å². The lowest BCUT2D eigenvalue weighted by Crippen LogP contribution is -2.68. The van der Waals surface area contributed by atoms with Gasteiger partial charge in [-0.1, -0.05) is 48.5 Å². The second kappa shape index (κ2) is 8.70. The maximum Gasteiger partial charge on any atom is 0.331 e. The number of aliphatic hydroxyl groups excluding tert-OH is 2. The maximum atomic E-state index is 12.2. The molecule has 7 nitrogen and oxygen atoms in total. The quantitative estimate of drug-likeness (QED) is 0.460. The van der Waals surface area contributed by atoms with Crippen LogP contribution in [0.4, 0.5) is 4.79 Å². The summed E-state index contributed by atoms with van der Waals surface area (Å²) in [5.74, 6) is -0.468. The Morgan fingerprint density at radius 1 is 1.00 bits per heavy atom. The van der Waals surface area contributed by atoms with E-state index in [9.17, 15) is 15.0 Å². The van der Waals surface area contributed by atoms with E-state index < -0.39 is 24.2 Å². The molecule has 7 heteroatoms. The summed E-state index contributed by atoms with van der Waals surface area (Å²) in [5.41, 5.74) is 9.44. The molecule has 1 heterocycles. The Labute approximate surface area is 182 Å². The molecule has 2 atom stereocenters. The summed E-state index contributed by atoms with van der Waals surface area (Å²) in [4.78, 5) is 13.8. The highest BCUT2D eigenvalue weighted by atomic mass is 16.3. The second-order valence-corrected chi connectivity index (χ2v) is 7.98. The summed E-state index contributed by atoms with van der Waals surface area (Å²) < 4.78 is 2.11. The molecular weight excluding hydrogens is 392 g/mol. The van der Waals surface area contributed by atoms with Crippen molar-refractivity contribution in [2.45, 2.75) is 38.0 Å². The normalized spacial score (nSPS) is 22.9. The third-order valence-electron chi connectivity index (χ3n) is 6.39. The first-order chi connectivity index (χ1) is 15.0. The van der Waals surface area contributed by atoms with Crippen molar-refractivity contribution in [3.63, 3.8) is 0 Å². The SMILES string of the molecule is CCN(CC)C(=O)NNC1C(O)C(c2c(-c3ccccc3)n(C)c3ccccc23)C1O. The lowest BCUT2D eigenvalue weighted by Gasteiger charge is -2.47. The van der Waals surface area contributed by atoms with Crippen molar-refractivity contribution in [1.29, 1.82) is 0 Å². The molecule has 2 amide bonds. The number of aryl methyl sites for hydroxylation is 1. The zero-order valence-electron chi connectivity index (χ0n) is 18.1. The number of aromatic nitrogens is 1. The van der Waals surface area contributed by atoms with Crippen LogP contribution in [-0.4, -0.2) is 57.1 Å². The molecule has 2 unspecified atom stereocenters. The van der Waals surface area contributed by atoms with Gasteiger partial charge in [0.05, 0.1) is 23.9 Å². The van der Waals surface area contributed by atoms with E-state index in [1.807, 2.05) is 75.5 Å². The molecule has 0 radical (unpaired) electrons. The Morgan fingerprint density at radius 2 is 1.61 bits per heavy atom. The number of aliphatic hydroxyl groups is 2. The standard InChI is InChI=1S/C24H30N4O3/c1-4-28(5-2)24(31)26-25-20-22(29)19(23(20)30)18-16-13-9-10-14-17(16)27(3)21(18)15-11-7-6-8-12-15/h6-14,19-20,22-23,25,29-30H,4-5H2,1-3H3,(H,26,31). The number of hydrazine groups is 1. The smallest absolute Gasteiger partial charge is 0.331 e. The number of amides is 2. The van der Waals surface area contributed by atoms with Gasteiger partial charge in [0.15, 0.2) is 0 Å². The minimum Gasteiger partial charge on any atom is -0.391 e. The molecule has 1 fully saturated rings. The molecule has 1 aliphatic rings. The van der Waals surface area contributed by atoms with Crippen LogP contribution in [0, 0.1) is 0 Å². The van der Waals surface area contributed by atoms with E-state index in [4.69, 9.17) is 0 Å². The number of nitrogens with one attached hydrogen (secondary N) is 2. The molecular formula is C24H30N4O3. The van der Waals surface area contributed by atoms with Crippen LogP contribution in [0.25, 0.3) is 22.2 Å². The highest BCUT2D eigenvalue weighted by Crippen LogP contribution is 2.46. The average molecular weight is 423 g/mol. The zero-order chi connectivity index (χ0) is 22.1. The van der Waals surface area contributed by atoms with Crippen molar-refractivity contribution in [1.82, 2.24) is 20.3 Å². The van der Waals surface area contributed by atoms with Crippen molar-refractivity contribution < 1.29 is 15.0 Å². The van der Waals surface area contributed by atoms with E-state index in [2.05, 4.69) is 15.4 Å². The summed E-state index contributed by atoms with van der Waals surface area (Å²) in [6.45, 7) is 4.97. The predicted octanol–water partition coefficient (Wildman–Crippen LogP) is 2.59. The van der Waals surface area contributed by atoms with Crippen LogP contribution in [0.5, 0.6) is 0 Å². The molecule has 2 aromatic carbocycles. The lowest BCUT2D eigenvalue weighted by molar-refractivity contribution is -0.0913. The number of urea groups is 1. The molecule has 3 aromatic rings. The van der Waals surface area contributed by atoms with E-state index in [1.54, 1.807) is 4.90 Å². The fourth-order valence-electron chi connectivity index (χ4n) is 4.66. The predicted molar refractivity (Wildman–Crippen MR) is 121 cm³/mol. The zero-order valence-corrected chi connectivity index (χ0v) is 18.1. The molecule has 1 aliphatic carbocycles. The van der Waals surface area contributed by atoms with Crippen LogP contribution in [0.3, 0.4) is 0 Å². The minimum absolute atomic E-state index is 0.275. The fourth-order valence-corrected chi connectivity index (χ4v) is 4.66. The van der Waals surface area contributed by atoms with E-state index in [1.165, 1.54) is 0 Å². The van der Waals surface area contributed by atoms with Crippen LogP contribution >= 0.6 is 0 Å². The van der Waals surface area contributed by atoms with Gasteiger partial charge in [-0.3, -0.25) is 5.43 Å². The molecule has 1 saturated carbocycles. The van der Waals surface area contributed by atoms with Gasteiger partial charge in [0.25, 0.3) is 0 Å². The monoisotopic (exact) mass is 422 g/mol. The van der Waals surface area contributed by atoms with Gasteiger partial charge in [-0.25, -0.2) is 10.2 Å². The number of nitrogens with zero attached hydrogens (tertiary/aromatic N) is 2. The van der Waals surface area contributed by atoms with E-state index in [0.29, 0.717) is 13.1 Å². The Kier molecular flexibility index (Phi) is 6.00. The highest BCUT2D eigenvalue weighted by molar-refractivity contribution is 5.93. The van der Waals surface area contributed by atoms with Gasteiger partial charge in [-0.15, -0.1) is 0 Å². The van der Waals surface area contributed by atoms with Gasteiger partial charge >= 0.3 is 6.03 Å². The number of hydrogen-bond donors (Lipinski definition) is 4. The van der Waals surface area contributed by atoms with Gasteiger partial charge in [0, 0.05) is 37.0 Å². The summed E-state index contributed by atoms with van der Waals surface area (Å²) >= 11 is 0. The summed E-state index contributed by atoms with van der Waals surface area (Å²) in [6.07, 6.45) is -1.69. The highest BCUT2D eigenvalue weighted by Gasteiger charge is 2.52. The molecule has 1 aromatic heterocycles. The summed E-state index contributed by atoms with van der Waals surface area (Å²) in [5, 5.41) is 23.0.